The highest BCUT2D eigenvalue weighted by atomic mass is 35.5. The molecule has 4 aromatic rings. The van der Waals surface area contributed by atoms with Gasteiger partial charge in [0.15, 0.2) is 11.5 Å². The predicted octanol–water partition coefficient (Wildman–Crippen LogP) is 6.15. The molecule has 1 amide bonds. The molecule has 2 heterocycles. The number of amides is 1. The van der Waals surface area contributed by atoms with Crippen molar-refractivity contribution in [1.82, 2.24) is 14.8 Å². The Balaban J connectivity index is 1.49. The van der Waals surface area contributed by atoms with E-state index in [1.807, 2.05) is 87.5 Å². The maximum atomic E-state index is 13.7. The highest BCUT2D eigenvalue weighted by Gasteiger charge is 2.34. The Hall–Kier alpha value is -4.30. The first-order chi connectivity index (χ1) is 18.4. The van der Waals surface area contributed by atoms with Crippen LogP contribution >= 0.6 is 11.6 Å². The molecular weight excluding hydrogens is 502 g/mol. The minimum absolute atomic E-state index is 0.225. The summed E-state index contributed by atoms with van der Waals surface area (Å²) in [7, 11) is 0. The van der Waals surface area contributed by atoms with E-state index >= 15 is 0 Å². The molecule has 1 atom stereocenters. The Morgan fingerprint density at radius 3 is 2.61 bits per heavy atom. The lowest BCUT2D eigenvalue weighted by Crippen LogP contribution is -2.31. The lowest BCUT2D eigenvalue weighted by atomic mass is 9.94. The normalized spacial score (nSPS) is 14.5. The number of carbonyl (C=O) groups is 1. The van der Waals surface area contributed by atoms with Crippen LogP contribution in [0.15, 0.2) is 84.3 Å². The second kappa shape index (κ2) is 11.0. The number of para-hydroxylation sites is 1. The van der Waals surface area contributed by atoms with E-state index in [-0.39, 0.29) is 5.91 Å². The van der Waals surface area contributed by atoms with E-state index in [1.54, 1.807) is 4.68 Å². The predicted molar refractivity (Wildman–Crippen MR) is 148 cm³/mol. The molecular formula is C29H28ClN5O3. The highest BCUT2D eigenvalue weighted by Crippen LogP contribution is 2.39. The van der Waals surface area contributed by atoms with Crippen LogP contribution in [-0.2, 0) is 11.4 Å². The number of rotatable bonds is 8. The largest absolute Gasteiger partial charge is 0.490 e. The summed E-state index contributed by atoms with van der Waals surface area (Å²) in [4.78, 5) is 18.0. The fourth-order valence-corrected chi connectivity index (χ4v) is 4.55. The fraction of sp³-hybridized carbons (Fsp3) is 0.207. The molecule has 5 rings (SSSR count). The lowest BCUT2D eigenvalue weighted by Gasteiger charge is -2.29. The van der Waals surface area contributed by atoms with Crippen LogP contribution in [0.3, 0.4) is 0 Å². The number of carbonyl (C=O) groups excluding carboxylic acids is 1. The zero-order chi connectivity index (χ0) is 26.6. The standard InChI is InChI=1S/C29H28ClN5O3/c1-4-37-25-15-21(11-14-24(25)38-16-20-9-12-22(30)13-10-20)27-26(19(3)33-29-31-17-32-35(27)29)28(36)34-23-8-6-5-7-18(23)2/h5-15,17,27H,4,16H2,1-3H3,(H,34,36)(H,31,32,33). The third-order valence-electron chi connectivity index (χ3n) is 6.32. The number of nitrogens with one attached hydrogen (secondary N) is 2. The molecule has 9 heteroatoms. The monoisotopic (exact) mass is 529 g/mol. The summed E-state index contributed by atoms with van der Waals surface area (Å²) in [5.74, 6) is 1.51. The van der Waals surface area contributed by atoms with E-state index in [2.05, 4.69) is 20.7 Å². The average Bonchev–Trinajstić information content (AvgIpc) is 3.37. The van der Waals surface area contributed by atoms with Crippen LogP contribution in [0.2, 0.25) is 5.02 Å². The minimum Gasteiger partial charge on any atom is -0.490 e. The zero-order valence-corrected chi connectivity index (χ0v) is 22.1. The van der Waals surface area contributed by atoms with E-state index in [1.165, 1.54) is 6.33 Å². The molecule has 0 bridgehead atoms. The van der Waals surface area contributed by atoms with Crippen LogP contribution in [0.25, 0.3) is 0 Å². The van der Waals surface area contributed by atoms with Gasteiger partial charge in [0.25, 0.3) is 5.91 Å². The van der Waals surface area contributed by atoms with Crippen molar-refractivity contribution < 1.29 is 14.3 Å². The van der Waals surface area contributed by atoms with E-state index in [0.29, 0.717) is 47.0 Å². The number of fused-ring (bicyclic) bond motifs is 1. The van der Waals surface area contributed by atoms with Crippen LogP contribution in [0, 0.1) is 6.92 Å². The number of aryl methyl sites for hydroxylation is 1. The van der Waals surface area contributed by atoms with Gasteiger partial charge in [0, 0.05) is 16.4 Å². The van der Waals surface area contributed by atoms with Crippen molar-refractivity contribution in [3.05, 3.63) is 106 Å². The first kappa shape index (κ1) is 25.4. The van der Waals surface area contributed by atoms with Gasteiger partial charge in [-0.15, -0.1) is 0 Å². The molecule has 8 nitrogen and oxygen atoms in total. The number of anilines is 2. The third-order valence-corrected chi connectivity index (χ3v) is 6.58. The summed E-state index contributed by atoms with van der Waals surface area (Å²) in [5, 5.41) is 11.4. The van der Waals surface area contributed by atoms with Crippen molar-refractivity contribution >= 4 is 29.1 Å². The molecule has 194 valence electrons. The second-order valence-corrected chi connectivity index (χ2v) is 9.35. The first-order valence-electron chi connectivity index (χ1n) is 12.3. The van der Waals surface area contributed by atoms with Gasteiger partial charge in [0.2, 0.25) is 5.95 Å². The quantitative estimate of drug-likeness (QED) is 0.285. The van der Waals surface area contributed by atoms with Crippen LogP contribution in [0.4, 0.5) is 11.6 Å². The summed E-state index contributed by atoms with van der Waals surface area (Å²) in [6.07, 6.45) is 1.47. The van der Waals surface area contributed by atoms with Crippen LogP contribution in [0.5, 0.6) is 11.5 Å². The van der Waals surface area contributed by atoms with Gasteiger partial charge in [-0.05, 0) is 67.8 Å². The molecule has 0 radical (unpaired) electrons. The van der Waals surface area contributed by atoms with Crippen molar-refractivity contribution in [2.75, 3.05) is 17.2 Å². The van der Waals surface area contributed by atoms with Gasteiger partial charge in [-0.2, -0.15) is 10.1 Å². The Labute approximate surface area is 226 Å². The van der Waals surface area contributed by atoms with Crippen molar-refractivity contribution in [3.8, 4) is 11.5 Å². The smallest absolute Gasteiger partial charge is 0.255 e. The Morgan fingerprint density at radius 2 is 1.84 bits per heavy atom. The lowest BCUT2D eigenvalue weighted by molar-refractivity contribution is -0.113. The van der Waals surface area contributed by atoms with Gasteiger partial charge >= 0.3 is 0 Å². The molecule has 0 saturated heterocycles. The molecule has 0 fully saturated rings. The molecule has 1 aromatic heterocycles. The summed E-state index contributed by atoms with van der Waals surface area (Å²) in [6.45, 7) is 6.56. The number of ether oxygens (including phenoxy) is 2. The second-order valence-electron chi connectivity index (χ2n) is 8.92. The van der Waals surface area contributed by atoms with Crippen LogP contribution < -0.4 is 20.1 Å². The van der Waals surface area contributed by atoms with Crippen molar-refractivity contribution in [2.45, 2.75) is 33.4 Å². The molecule has 2 N–H and O–H groups in total. The number of nitrogens with zero attached hydrogens (tertiary/aromatic N) is 3. The molecule has 1 aliphatic rings. The maximum Gasteiger partial charge on any atom is 0.255 e. The summed E-state index contributed by atoms with van der Waals surface area (Å²) in [6, 6.07) is 20.3. The third kappa shape index (κ3) is 5.21. The number of benzene rings is 3. The van der Waals surface area contributed by atoms with Crippen LogP contribution in [-0.4, -0.2) is 27.3 Å². The van der Waals surface area contributed by atoms with E-state index in [0.717, 1.165) is 22.4 Å². The zero-order valence-electron chi connectivity index (χ0n) is 21.4. The number of hydrogen-bond donors (Lipinski definition) is 2. The summed E-state index contributed by atoms with van der Waals surface area (Å²) < 4.78 is 13.8. The van der Waals surface area contributed by atoms with Gasteiger partial charge in [-0.25, -0.2) is 4.68 Å². The Kier molecular flexibility index (Phi) is 7.33. The maximum absolute atomic E-state index is 13.7. The van der Waals surface area contributed by atoms with Gasteiger partial charge < -0.3 is 20.1 Å². The van der Waals surface area contributed by atoms with Crippen molar-refractivity contribution in [2.24, 2.45) is 0 Å². The first-order valence-corrected chi connectivity index (χ1v) is 12.7. The van der Waals surface area contributed by atoms with Gasteiger partial charge in [-0.3, -0.25) is 4.79 Å². The number of allylic oxidation sites excluding steroid dienone is 1. The van der Waals surface area contributed by atoms with Crippen molar-refractivity contribution in [3.63, 3.8) is 0 Å². The molecule has 0 saturated carbocycles. The molecule has 0 spiro atoms. The number of halogens is 1. The molecule has 0 aliphatic carbocycles. The van der Waals surface area contributed by atoms with Gasteiger partial charge in [0.05, 0.1) is 12.2 Å². The minimum atomic E-state index is -0.526. The topological polar surface area (TPSA) is 90.3 Å². The summed E-state index contributed by atoms with van der Waals surface area (Å²) >= 11 is 6.00. The Bertz CT molecular complexity index is 1500. The molecule has 3 aromatic carbocycles. The number of aromatic nitrogens is 3. The van der Waals surface area contributed by atoms with Crippen LogP contribution in [0.1, 0.15) is 36.6 Å². The molecule has 38 heavy (non-hydrogen) atoms. The Morgan fingerprint density at radius 1 is 1.05 bits per heavy atom. The molecule has 1 unspecified atom stereocenters. The van der Waals surface area contributed by atoms with Gasteiger partial charge in [-0.1, -0.05) is 48.0 Å². The summed E-state index contributed by atoms with van der Waals surface area (Å²) in [5.41, 5.74) is 4.75. The van der Waals surface area contributed by atoms with E-state index < -0.39 is 6.04 Å². The van der Waals surface area contributed by atoms with Gasteiger partial charge in [0.1, 0.15) is 19.0 Å². The SMILES string of the molecule is CCOc1cc(C2C(C(=O)Nc3ccccc3C)=C(C)Nc3ncnn32)ccc1OCc1ccc(Cl)cc1. The average molecular weight is 530 g/mol. The van der Waals surface area contributed by atoms with E-state index in [9.17, 15) is 4.79 Å². The fourth-order valence-electron chi connectivity index (χ4n) is 4.42. The number of hydrogen-bond acceptors (Lipinski definition) is 6. The highest BCUT2D eigenvalue weighted by molar-refractivity contribution is 6.30. The molecule has 1 aliphatic heterocycles. The van der Waals surface area contributed by atoms with E-state index in [4.69, 9.17) is 21.1 Å². The van der Waals surface area contributed by atoms with Crippen molar-refractivity contribution in [1.29, 1.82) is 0 Å².